The Morgan fingerprint density at radius 3 is 2.63 bits per heavy atom. The van der Waals surface area contributed by atoms with E-state index in [4.69, 9.17) is 0 Å². The van der Waals surface area contributed by atoms with Gasteiger partial charge < -0.3 is 0 Å². The van der Waals surface area contributed by atoms with Gasteiger partial charge in [-0.25, -0.2) is 26.9 Å². The molecule has 3 aromatic rings. The van der Waals surface area contributed by atoms with Gasteiger partial charge in [-0.15, -0.1) is 0 Å². The van der Waals surface area contributed by atoms with Crippen LogP contribution in [0.2, 0.25) is 0 Å². The predicted molar refractivity (Wildman–Crippen MR) is 96.8 cm³/mol. The highest BCUT2D eigenvalue weighted by atomic mass is 32.2. The maximum absolute atomic E-state index is 13.8. The van der Waals surface area contributed by atoms with E-state index in [9.17, 15) is 17.2 Å². The number of aromatic nitrogens is 3. The smallest absolute Gasteiger partial charge is 0.264 e. The van der Waals surface area contributed by atoms with Crippen LogP contribution in [0.1, 0.15) is 38.1 Å². The average molecular weight is 392 g/mol. The number of sulfonamides is 1. The highest BCUT2D eigenvalue weighted by Gasteiger charge is 2.22. The fourth-order valence-electron chi connectivity index (χ4n) is 3.48. The summed E-state index contributed by atoms with van der Waals surface area (Å²) in [6, 6.07) is 4.17. The molecule has 9 heteroatoms. The Kier molecular flexibility index (Phi) is 4.55. The molecule has 27 heavy (non-hydrogen) atoms. The summed E-state index contributed by atoms with van der Waals surface area (Å²) >= 11 is 0. The molecule has 1 saturated carbocycles. The van der Waals surface area contributed by atoms with Crippen molar-refractivity contribution >= 4 is 26.7 Å². The molecule has 1 aromatic carbocycles. The van der Waals surface area contributed by atoms with Crippen molar-refractivity contribution in [2.24, 2.45) is 0 Å². The molecule has 0 bridgehead atoms. The minimum absolute atomic E-state index is 0.161. The van der Waals surface area contributed by atoms with E-state index in [-0.39, 0.29) is 5.69 Å². The third kappa shape index (κ3) is 3.51. The molecule has 1 fully saturated rings. The highest BCUT2D eigenvalue weighted by Crippen LogP contribution is 2.30. The monoisotopic (exact) mass is 392 g/mol. The second-order valence-electron chi connectivity index (χ2n) is 6.70. The molecule has 1 aliphatic rings. The van der Waals surface area contributed by atoms with Crippen molar-refractivity contribution in [1.29, 1.82) is 0 Å². The third-order valence-electron chi connectivity index (χ3n) is 4.79. The molecule has 4 rings (SSSR count). The highest BCUT2D eigenvalue weighted by molar-refractivity contribution is 7.92. The van der Waals surface area contributed by atoms with Gasteiger partial charge >= 0.3 is 0 Å². The summed E-state index contributed by atoms with van der Waals surface area (Å²) in [7, 11) is -4.28. The number of halogens is 2. The van der Waals surface area contributed by atoms with Crippen LogP contribution in [-0.4, -0.2) is 23.2 Å². The molecular weight excluding hydrogens is 374 g/mol. The normalized spacial score (nSPS) is 15.9. The van der Waals surface area contributed by atoms with Crippen LogP contribution in [0.4, 0.5) is 14.5 Å². The van der Waals surface area contributed by atoms with Crippen LogP contribution in [0.15, 0.2) is 41.6 Å². The first-order chi connectivity index (χ1) is 12.9. The average Bonchev–Trinajstić information content (AvgIpc) is 3.07. The molecule has 0 amide bonds. The van der Waals surface area contributed by atoms with E-state index in [2.05, 4.69) is 14.8 Å². The largest absolute Gasteiger partial charge is 0.278 e. The molecule has 0 unspecified atom stereocenters. The van der Waals surface area contributed by atoms with Gasteiger partial charge in [-0.05, 0) is 37.1 Å². The summed E-state index contributed by atoms with van der Waals surface area (Å²) < 4.78 is 56.1. The Morgan fingerprint density at radius 2 is 1.85 bits per heavy atom. The molecule has 2 heterocycles. The zero-order valence-corrected chi connectivity index (χ0v) is 15.2. The summed E-state index contributed by atoms with van der Waals surface area (Å²) in [4.78, 5) is 3.59. The van der Waals surface area contributed by atoms with Crippen molar-refractivity contribution in [2.45, 2.75) is 43.0 Å². The SMILES string of the molecule is O=S(=O)(Nc1cnc2c(cnn2C2CCCCC2)c1)c1cc(F)ccc1F. The molecule has 2 aromatic heterocycles. The van der Waals surface area contributed by atoms with Gasteiger partial charge in [0.1, 0.15) is 16.5 Å². The van der Waals surface area contributed by atoms with Gasteiger partial charge in [0.05, 0.1) is 24.1 Å². The molecule has 0 aliphatic heterocycles. The van der Waals surface area contributed by atoms with Crippen LogP contribution in [0.25, 0.3) is 11.0 Å². The van der Waals surface area contributed by atoms with E-state index in [1.54, 1.807) is 12.3 Å². The quantitative estimate of drug-likeness (QED) is 0.728. The number of nitrogens with zero attached hydrogens (tertiary/aromatic N) is 3. The van der Waals surface area contributed by atoms with Gasteiger partial charge in [0.15, 0.2) is 5.65 Å². The molecule has 1 aliphatic carbocycles. The minimum Gasteiger partial charge on any atom is -0.278 e. The van der Waals surface area contributed by atoms with E-state index in [0.717, 1.165) is 37.8 Å². The summed E-state index contributed by atoms with van der Waals surface area (Å²) in [6.07, 6.45) is 8.63. The lowest BCUT2D eigenvalue weighted by Gasteiger charge is -2.22. The summed E-state index contributed by atoms with van der Waals surface area (Å²) in [5.41, 5.74) is 0.844. The molecule has 142 valence electrons. The zero-order chi connectivity index (χ0) is 19.0. The van der Waals surface area contributed by atoms with Crippen molar-refractivity contribution < 1.29 is 17.2 Å². The van der Waals surface area contributed by atoms with Gasteiger partial charge in [-0.3, -0.25) is 4.72 Å². The van der Waals surface area contributed by atoms with Crippen molar-refractivity contribution in [3.8, 4) is 0 Å². The van der Waals surface area contributed by atoms with Gasteiger partial charge in [-0.2, -0.15) is 5.10 Å². The molecule has 0 spiro atoms. The Labute approximate surface area is 155 Å². The van der Waals surface area contributed by atoms with Crippen LogP contribution < -0.4 is 4.72 Å². The summed E-state index contributed by atoms with van der Waals surface area (Å²) in [5, 5.41) is 5.09. The van der Waals surface area contributed by atoms with Gasteiger partial charge in [0.25, 0.3) is 10.0 Å². The minimum atomic E-state index is -4.28. The van der Waals surface area contributed by atoms with Crippen LogP contribution in [-0.2, 0) is 10.0 Å². The number of nitrogens with one attached hydrogen (secondary N) is 1. The number of anilines is 1. The molecule has 1 N–H and O–H groups in total. The van der Waals surface area contributed by atoms with Crippen LogP contribution >= 0.6 is 0 Å². The number of hydrogen-bond acceptors (Lipinski definition) is 4. The lowest BCUT2D eigenvalue weighted by molar-refractivity contribution is 0.336. The van der Waals surface area contributed by atoms with Gasteiger partial charge in [-0.1, -0.05) is 19.3 Å². The zero-order valence-electron chi connectivity index (χ0n) is 14.4. The van der Waals surface area contributed by atoms with E-state index < -0.39 is 26.6 Å². The topological polar surface area (TPSA) is 76.9 Å². The number of fused-ring (bicyclic) bond motifs is 1. The Morgan fingerprint density at radius 1 is 1.07 bits per heavy atom. The molecule has 0 atom stereocenters. The predicted octanol–water partition coefficient (Wildman–Crippen LogP) is 4.02. The maximum Gasteiger partial charge on any atom is 0.264 e. The van der Waals surface area contributed by atoms with Crippen molar-refractivity contribution in [1.82, 2.24) is 14.8 Å². The molecule has 6 nitrogen and oxygen atoms in total. The van der Waals surface area contributed by atoms with Crippen molar-refractivity contribution in [3.63, 3.8) is 0 Å². The summed E-state index contributed by atoms with van der Waals surface area (Å²) in [6.45, 7) is 0. The number of pyridine rings is 1. The van der Waals surface area contributed by atoms with E-state index in [1.807, 2.05) is 4.68 Å². The number of hydrogen-bond donors (Lipinski definition) is 1. The van der Waals surface area contributed by atoms with Gasteiger partial charge in [0.2, 0.25) is 0 Å². The Balaban J connectivity index is 1.64. The van der Waals surface area contributed by atoms with E-state index in [0.29, 0.717) is 23.1 Å². The molecular formula is C18H18F2N4O2S. The standard InChI is InChI=1S/C18H18F2N4O2S/c19-13-6-7-16(20)17(9-13)27(25,26)23-14-8-12-10-22-24(18(12)21-11-14)15-4-2-1-3-5-15/h6-11,15,23H,1-5H2. The molecule has 0 saturated heterocycles. The van der Waals surface area contributed by atoms with Crippen LogP contribution in [0.5, 0.6) is 0 Å². The van der Waals surface area contributed by atoms with Crippen molar-refractivity contribution in [2.75, 3.05) is 4.72 Å². The second kappa shape index (κ2) is 6.88. The fraction of sp³-hybridized carbons (Fsp3) is 0.333. The second-order valence-corrected chi connectivity index (χ2v) is 8.35. The number of benzene rings is 1. The lowest BCUT2D eigenvalue weighted by atomic mass is 9.96. The van der Waals surface area contributed by atoms with E-state index >= 15 is 0 Å². The van der Waals surface area contributed by atoms with Crippen LogP contribution in [0.3, 0.4) is 0 Å². The maximum atomic E-state index is 13.8. The van der Waals surface area contributed by atoms with Crippen LogP contribution in [0, 0.1) is 11.6 Å². The summed E-state index contributed by atoms with van der Waals surface area (Å²) in [5.74, 6) is -1.86. The molecule has 0 radical (unpaired) electrons. The Bertz CT molecular complexity index is 1090. The first-order valence-corrected chi connectivity index (χ1v) is 10.2. The number of rotatable bonds is 4. The Hall–Kier alpha value is -2.55. The third-order valence-corrected chi connectivity index (χ3v) is 6.19. The van der Waals surface area contributed by atoms with E-state index in [1.165, 1.54) is 12.6 Å². The fourth-order valence-corrected chi connectivity index (χ4v) is 4.61. The van der Waals surface area contributed by atoms with Gasteiger partial charge in [0, 0.05) is 5.39 Å². The first-order valence-electron chi connectivity index (χ1n) is 8.75. The first kappa shape index (κ1) is 17.8. The lowest BCUT2D eigenvalue weighted by Crippen LogP contribution is -2.16. The van der Waals surface area contributed by atoms with Crippen molar-refractivity contribution in [3.05, 3.63) is 48.3 Å².